The van der Waals surface area contributed by atoms with Gasteiger partial charge in [-0.25, -0.2) is 18.5 Å². The number of benzene rings is 2. The van der Waals surface area contributed by atoms with Crippen LogP contribution in [-0.2, 0) is 19.7 Å². The second-order valence-electron chi connectivity index (χ2n) is 7.83. The molecular formula is C24H20Cl2N4O6S. The van der Waals surface area contributed by atoms with Crippen LogP contribution >= 0.6 is 23.2 Å². The second kappa shape index (κ2) is 10.4. The van der Waals surface area contributed by atoms with E-state index in [9.17, 15) is 23.1 Å². The van der Waals surface area contributed by atoms with Gasteiger partial charge in [-0.15, -0.1) is 0 Å². The summed E-state index contributed by atoms with van der Waals surface area (Å²) in [7, 11) is -1.45. The molecule has 0 radical (unpaired) electrons. The third-order valence-electron chi connectivity index (χ3n) is 5.46. The van der Waals surface area contributed by atoms with Crippen molar-refractivity contribution in [3.63, 3.8) is 0 Å². The van der Waals surface area contributed by atoms with Gasteiger partial charge in [-0.05, 0) is 54.6 Å². The molecule has 4 aromatic rings. The summed E-state index contributed by atoms with van der Waals surface area (Å²) < 4.78 is 29.3. The van der Waals surface area contributed by atoms with Crippen LogP contribution in [-0.4, -0.2) is 60.7 Å². The van der Waals surface area contributed by atoms with Crippen molar-refractivity contribution < 1.29 is 28.0 Å². The first kappa shape index (κ1) is 26.4. The van der Waals surface area contributed by atoms with Gasteiger partial charge >= 0.3 is 5.97 Å². The number of amides is 1. The Morgan fingerprint density at radius 2 is 1.76 bits per heavy atom. The van der Waals surface area contributed by atoms with E-state index in [2.05, 4.69) is 4.98 Å². The predicted molar refractivity (Wildman–Crippen MR) is 139 cm³/mol. The smallest absolute Gasteiger partial charge is 0.324 e. The number of anilines is 1. The highest BCUT2D eigenvalue weighted by atomic mass is 35.5. The first-order valence-electron chi connectivity index (χ1n) is 10.6. The summed E-state index contributed by atoms with van der Waals surface area (Å²) in [5.41, 5.74) is 1.13. The third-order valence-corrected chi connectivity index (χ3v) is 7.65. The summed E-state index contributed by atoms with van der Waals surface area (Å²) in [6.07, 6.45) is 3.20. The molecule has 0 bridgehead atoms. The van der Waals surface area contributed by atoms with E-state index in [-0.39, 0.29) is 26.5 Å². The highest BCUT2D eigenvalue weighted by Gasteiger charge is 2.28. The second-order valence-corrected chi connectivity index (χ2v) is 10.6. The molecule has 1 amide bonds. The molecule has 0 saturated carbocycles. The van der Waals surface area contributed by atoms with Crippen LogP contribution in [0.3, 0.4) is 0 Å². The van der Waals surface area contributed by atoms with E-state index in [1.54, 1.807) is 41.1 Å². The lowest BCUT2D eigenvalue weighted by atomic mass is 10.2. The summed E-state index contributed by atoms with van der Waals surface area (Å²) in [5, 5.41) is 11.3. The standard InChI is InChI=1S/C24H20Cl2N4O6S/c1-28(36-2)24(33)16-5-7-27-22(10-16)29-8-6-15-9-19(3-4-21(15)29)30(14-23(31)32)37(34,35)20-12-17(25)11-18(26)13-20/h3-13H,14H2,1-2H3,(H,31,32). The number of hydrogen-bond acceptors (Lipinski definition) is 6. The maximum atomic E-state index is 13.4. The minimum absolute atomic E-state index is 0.0961. The molecule has 2 aromatic carbocycles. The van der Waals surface area contributed by atoms with E-state index in [0.29, 0.717) is 22.3 Å². The number of aromatic nitrogens is 2. The lowest BCUT2D eigenvalue weighted by Crippen LogP contribution is -2.35. The summed E-state index contributed by atoms with van der Waals surface area (Å²) in [6.45, 7) is -0.822. The summed E-state index contributed by atoms with van der Waals surface area (Å²) >= 11 is 12.0. The van der Waals surface area contributed by atoms with Crippen LogP contribution in [0.2, 0.25) is 10.0 Å². The van der Waals surface area contributed by atoms with Crippen molar-refractivity contribution in [3.8, 4) is 5.82 Å². The number of sulfonamides is 1. The molecule has 0 unspecified atom stereocenters. The molecule has 0 fully saturated rings. The van der Waals surface area contributed by atoms with Crippen LogP contribution in [0.25, 0.3) is 16.7 Å². The first-order valence-corrected chi connectivity index (χ1v) is 12.8. The normalized spacial score (nSPS) is 11.5. The van der Waals surface area contributed by atoms with Crippen molar-refractivity contribution >= 4 is 61.7 Å². The Balaban J connectivity index is 1.77. The molecule has 0 atom stereocenters. The van der Waals surface area contributed by atoms with Crippen molar-refractivity contribution in [2.24, 2.45) is 0 Å². The minimum atomic E-state index is -4.32. The molecule has 10 nitrogen and oxygen atoms in total. The van der Waals surface area contributed by atoms with Crippen molar-refractivity contribution in [1.82, 2.24) is 14.6 Å². The number of nitrogens with zero attached hydrogens (tertiary/aromatic N) is 4. The van der Waals surface area contributed by atoms with Gasteiger partial charge in [0.05, 0.1) is 23.2 Å². The lowest BCUT2D eigenvalue weighted by Gasteiger charge is -2.23. The highest BCUT2D eigenvalue weighted by molar-refractivity contribution is 7.92. The molecule has 0 aliphatic rings. The van der Waals surface area contributed by atoms with Crippen LogP contribution in [0, 0.1) is 0 Å². The molecule has 0 saturated heterocycles. The van der Waals surface area contributed by atoms with Gasteiger partial charge in [0, 0.05) is 40.4 Å². The molecule has 1 N–H and O–H groups in total. The largest absolute Gasteiger partial charge is 0.480 e. The van der Waals surface area contributed by atoms with Gasteiger partial charge in [0.2, 0.25) is 0 Å². The fraction of sp³-hybridized carbons (Fsp3) is 0.125. The number of rotatable bonds is 8. The van der Waals surface area contributed by atoms with Gasteiger partial charge in [0.15, 0.2) is 0 Å². The molecule has 0 aliphatic carbocycles. The van der Waals surface area contributed by atoms with Gasteiger partial charge < -0.3 is 9.67 Å². The number of carboxylic acid groups (broad SMARTS) is 1. The van der Waals surface area contributed by atoms with Gasteiger partial charge in [0.25, 0.3) is 15.9 Å². The fourth-order valence-corrected chi connectivity index (χ4v) is 5.81. The number of hydroxylamine groups is 2. The molecule has 13 heteroatoms. The van der Waals surface area contributed by atoms with Crippen LogP contribution in [0.5, 0.6) is 0 Å². The number of hydrogen-bond donors (Lipinski definition) is 1. The average molecular weight is 563 g/mol. The Kier molecular flexibility index (Phi) is 7.42. The first-order chi connectivity index (χ1) is 17.5. The van der Waals surface area contributed by atoms with Crippen LogP contribution in [0.15, 0.2) is 71.9 Å². The van der Waals surface area contributed by atoms with E-state index in [1.807, 2.05) is 0 Å². The number of carboxylic acids is 1. The zero-order valence-corrected chi connectivity index (χ0v) is 21.8. The molecule has 2 aromatic heterocycles. The number of carbonyl (C=O) groups excluding carboxylic acids is 1. The number of fused-ring (bicyclic) bond motifs is 1. The zero-order chi connectivity index (χ0) is 26.9. The number of halogens is 2. The molecule has 37 heavy (non-hydrogen) atoms. The van der Waals surface area contributed by atoms with E-state index in [0.717, 1.165) is 9.37 Å². The van der Waals surface area contributed by atoms with Gasteiger partial charge in [0.1, 0.15) is 12.4 Å². The van der Waals surface area contributed by atoms with E-state index in [1.165, 1.54) is 44.6 Å². The van der Waals surface area contributed by atoms with E-state index < -0.39 is 22.5 Å². The number of aliphatic carboxylic acids is 1. The van der Waals surface area contributed by atoms with E-state index >= 15 is 0 Å². The van der Waals surface area contributed by atoms with Crippen molar-refractivity contribution in [1.29, 1.82) is 0 Å². The SMILES string of the molecule is CON(C)C(=O)c1ccnc(-n2ccc3cc(N(CC(=O)O)S(=O)(=O)c4cc(Cl)cc(Cl)c4)ccc32)c1. The Labute approximate surface area is 222 Å². The zero-order valence-electron chi connectivity index (χ0n) is 19.5. The Bertz CT molecular complexity index is 1600. The minimum Gasteiger partial charge on any atom is -0.480 e. The monoisotopic (exact) mass is 562 g/mol. The Morgan fingerprint density at radius 1 is 1.05 bits per heavy atom. The summed E-state index contributed by atoms with van der Waals surface area (Å²) in [6, 6.07) is 13.3. The van der Waals surface area contributed by atoms with Crippen LogP contribution in [0.1, 0.15) is 10.4 Å². The maximum absolute atomic E-state index is 13.4. The number of pyridine rings is 1. The lowest BCUT2D eigenvalue weighted by molar-refractivity contribution is -0.135. The quantitative estimate of drug-likeness (QED) is 0.318. The molecule has 2 heterocycles. The molecule has 0 aliphatic heterocycles. The summed E-state index contributed by atoms with van der Waals surface area (Å²) in [5.74, 6) is -1.26. The predicted octanol–water partition coefficient (Wildman–Crippen LogP) is 4.25. The van der Waals surface area contributed by atoms with Gasteiger partial charge in [-0.3, -0.25) is 18.7 Å². The molecule has 0 spiro atoms. The van der Waals surface area contributed by atoms with Crippen molar-refractivity contribution in [2.45, 2.75) is 4.90 Å². The molecular weight excluding hydrogens is 543 g/mol. The summed E-state index contributed by atoms with van der Waals surface area (Å²) in [4.78, 5) is 33.1. The fourth-order valence-electron chi connectivity index (χ4n) is 3.68. The van der Waals surface area contributed by atoms with Crippen LogP contribution in [0.4, 0.5) is 5.69 Å². The van der Waals surface area contributed by atoms with Gasteiger partial charge in [-0.1, -0.05) is 23.2 Å². The van der Waals surface area contributed by atoms with E-state index in [4.69, 9.17) is 28.0 Å². The van der Waals surface area contributed by atoms with Crippen LogP contribution < -0.4 is 4.31 Å². The molecule has 192 valence electrons. The average Bonchev–Trinajstić information content (AvgIpc) is 3.29. The topological polar surface area (TPSA) is 122 Å². The Hall–Kier alpha value is -3.64. The van der Waals surface area contributed by atoms with Gasteiger partial charge in [-0.2, -0.15) is 0 Å². The third kappa shape index (κ3) is 5.39. The Morgan fingerprint density at radius 3 is 2.41 bits per heavy atom. The maximum Gasteiger partial charge on any atom is 0.324 e. The van der Waals surface area contributed by atoms with Crippen molar-refractivity contribution in [3.05, 3.63) is 82.6 Å². The number of carbonyl (C=O) groups is 2. The highest BCUT2D eigenvalue weighted by Crippen LogP contribution is 2.31. The molecule has 4 rings (SSSR count). The van der Waals surface area contributed by atoms with Crippen molar-refractivity contribution in [2.75, 3.05) is 25.0 Å².